The molecular weight excluding hydrogens is 876 g/mol. The fourth-order valence-electron chi connectivity index (χ4n) is 6.42. The molecule has 10 N–H and O–H groups in total. The Kier molecular flexibility index (Phi) is 27.4. The zero-order valence-corrected chi connectivity index (χ0v) is 39.3. The molecule has 358 valence electrons. The van der Waals surface area contributed by atoms with Crippen LogP contribution in [0.3, 0.4) is 0 Å². The predicted molar refractivity (Wildman–Crippen MR) is 257 cm³/mol. The predicted octanol–water partition coefficient (Wildman–Crippen LogP) is 4.25. The fourth-order valence-corrected chi connectivity index (χ4v) is 6.97. The summed E-state index contributed by atoms with van der Waals surface area (Å²) < 4.78 is 2.14. The average Bonchev–Trinajstić information content (AvgIpc) is 3.26. The number of pyridine rings is 1. The zero-order chi connectivity index (χ0) is 48.0. The van der Waals surface area contributed by atoms with Gasteiger partial charge in [-0.25, -0.2) is 19.0 Å². The van der Waals surface area contributed by atoms with Gasteiger partial charge in [-0.1, -0.05) is 37.1 Å². The van der Waals surface area contributed by atoms with Crippen LogP contribution in [0.2, 0.25) is 0 Å². The molecule has 0 radical (unpaired) electrons. The number of amides is 3. The van der Waals surface area contributed by atoms with Gasteiger partial charge in [0.1, 0.15) is 24.7 Å². The summed E-state index contributed by atoms with van der Waals surface area (Å²) in [6.45, 7) is 2.53. The number of benzene rings is 1. The highest BCUT2D eigenvalue weighted by atomic mass is 32.1. The lowest BCUT2D eigenvalue weighted by Gasteiger charge is -2.18. The number of hydrogen-bond acceptors (Lipinski definition) is 8. The Hall–Kier alpha value is -5.65. The number of carboxylic acids is 4. The Labute approximate surface area is 389 Å². The van der Waals surface area contributed by atoms with Gasteiger partial charge in [-0.15, -0.1) is 8.86 Å². The van der Waals surface area contributed by atoms with Gasteiger partial charge >= 0.3 is 29.9 Å². The summed E-state index contributed by atoms with van der Waals surface area (Å²) in [5, 5.41) is 54.2. The Morgan fingerprint density at radius 1 is 0.615 bits per heavy atom. The van der Waals surface area contributed by atoms with E-state index in [0.717, 1.165) is 56.3 Å². The monoisotopic (exact) mass is 943 g/mol. The highest BCUT2D eigenvalue weighted by Crippen LogP contribution is 2.15. The van der Waals surface area contributed by atoms with Crippen LogP contribution < -0.4 is 41.4 Å². The number of carbonyl (C=O) groups is 6. The SMILES string of the molecule is CN(C)c1ccc(/C=C/c2cc[n+](CCCNC(=S)NCCCCC(NC(=P)CCCCCCC(=O)NCCCC[C@H](NC(=O)NC(CCC(=O)O)C(=O)O)C(=O)O)C(=O)O)cc2)cc1. The van der Waals surface area contributed by atoms with Crippen LogP contribution in [0.5, 0.6) is 0 Å². The number of unbranched alkanes of at least 4 members (excludes halogenated alkanes) is 5. The van der Waals surface area contributed by atoms with Crippen molar-refractivity contribution in [3.8, 4) is 0 Å². The third kappa shape index (κ3) is 26.0. The highest BCUT2D eigenvalue weighted by Gasteiger charge is 2.25. The van der Waals surface area contributed by atoms with Crippen LogP contribution in [0.15, 0.2) is 48.8 Å². The summed E-state index contributed by atoms with van der Waals surface area (Å²) in [7, 11) is 7.59. The minimum Gasteiger partial charge on any atom is -0.481 e. The maximum absolute atomic E-state index is 12.2. The fraction of sp³-hybridized carbons (Fsp3) is 0.533. The summed E-state index contributed by atoms with van der Waals surface area (Å²) in [5.74, 6) is -5.04. The first-order chi connectivity index (χ1) is 31.0. The lowest BCUT2D eigenvalue weighted by Crippen LogP contribution is -2.51. The van der Waals surface area contributed by atoms with E-state index in [1.54, 1.807) is 0 Å². The van der Waals surface area contributed by atoms with Crippen molar-refractivity contribution >= 4 is 85.3 Å². The molecule has 2 rings (SSSR count). The number of anilines is 1. The van der Waals surface area contributed by atoms with E-state index in [9.17, 15) is 44.1 Å². The number of aliphatic carboxylic acids is 4. The van der Waals surface area contributed by atoms with Crippen molar-refractivity contribution < 1.29 is 53.8 Å². The molecule has 0 bridgehead atoms. The summed E-state index contributed by atoms with van der Waals surface area (Å²) in [6, 6.07) is 8.06. The van der Waals surface area contributed by atoms with Crippen LogP contribution in [-0.2, 0) is 30.5 Å². The van der Waals surface area contributed by atoms with Gasteiger partial charge in [0.25, 0.3) is 0 Å². The van der Waals surface area contributed by atoms with Gasteiger partial charge < -0.3 is 51.9 Å². The molecule has 65 heavy (non-hydrogen) atoms. The molecule has 1 heterocycles. The smallest absolute Gasteiger partial charge is 0.326 e. The van der Waals surface area contributed by atoms with Crippen LogP contribution in [-0.4, -0.2) is 119 Å². The largest absolute Gasteiger partial charge is 0.481 e. The van der Waals surface area contributed by atoms with Crippen LogP contribution in [0.25, 0.3) is 12.2 Å². The van der Waals surface area contributed by atoms with Crippen LogP contribution in [0, 0.1) is 0 Å². The van der Waals surface area contributed by atoms with E-state index in [-0.39, 0.29) is 18.7 Å². The van der Waals surface area contributed by atoms with E-state index in [1.165, 1.54) is 5.69 Å². The van der Waals surface area contributed by atoms with Crippen molar-refractivity contribution in [1.82, 2.24) is 31.9 Å². The number of carbonyl (C=O) groups excluding carboxylic acids is 2. The summed E-state index contributed by atoms with van der Waals surface area (Å²) in [6.07, 6.45) is 15.3. The van der Waals surface area contributed by atoms with E-state index < -0.39 is 54.5 Å². The second-order valence-electron chi connectivity index (χ2n) is 15.8. The third-order valence-electron chi connectivity index (χ3n) is 10.2. The van der Waals surface area contributed by atoms with Gasteiger partial charge in [-0.2, -0.15) is 0 Å². The standard InChI is InChI=1S/C45H67N8O10PS/c1-52(2)34-20-18-32(19-21-34)16-17-33-24-30-53(31-25-33)29-11-28-48-45(65)47-27-10-8-12-35(41(57)58)49-39(64)15-6-4-3-5-14-38(54)46-26-9-7-13-36(42(59)60)50-44(63)51-37(43(61)62)22-23-40(55)56/h16-21,24-25,30-31,35-37,49,64H,3-15,22-23,26-29H2,1-2H3,(H8-,46,47,48,50,51,54,55,56,57,58,59,60,61,62,63,65)/p+1/t35?,36-,37?/m0/s1. The maximum Gasteiger partial charge on any atom is 0.326 e. The first-order valence-corrected chi connectivity index (χ1v) is 23.0. The second kappa shape index (κ2) is 32.1. The quantitative estimate of drug-likeness (QED) is 0.0204. The second-order valence-corrected chi connectivity index (χ2v) is 16.8. The minimum atomic E-state index is -1.49. The lowest BCUT2D eigenvalue weighted by molar-refractivity contribution is -0.697. The molecule has 20 heteroatoms. The molecule has 3 amide bonds. The molecule has 0 saturated heterocycles. The first kappa shape index (κ1) is 55.5. The molecule has 1 aromatic heterocycles. The maximum atomic E-state index is 12.2. The number of hydrogen-bond donors (Lipinski definition) is 10. The molecule has 2 unspecified atom stereocenters. The van der Waals surface area contributed by atoms with Crippen molar-refractivity contribution in [2.45, 2.75) is 121 Å². The van der Waals surface area contributed by atoms with Gasteiger partial charge in [-0.3, -0.25) is 19.7 Å². The molecule has 2 aromatic rings. The number of thiocarbonyl (C=S) groups is 1. The summed E-state index contributed by atoms with van der Waals surface area (Å²) in [4.78, 5) is 71.9. The number of nitrogens with zero attached hydrogens (tertiary/aromatic N) is 2. The third-order valence-corrected chi connectivity index (χ3v) is 10.9. The van der Waals surface area contributed by atoms with Crippen molar-refractivity contribution in [3.05, 3.63) is 59.9 Å². The number of aryl methyl sites for hydroxylation is 1. The molecule has 0 spiro atoms. The Morgan fingerprint density at radius 3 is 1.65 bits per heavy atom. The van der Waals surface area contributed by atoms with E-state index in [2.05, 4.69) is 111 Å². The lowest BCUT2D eigenvalue weighted by atomic mass is 10.1. The van der Waals surface area contributed by atoms with Crippen molar-refractivity contribution in [3.63, 3.8) is 0 Å². The molecule has 1 aromatic carbocycles. The first-order valence-electron chi connectivity index (χ1n) is 22.1. The van der Waals surface area contributed by atoms with Gasteiger partial charge in [0, 0.05) is 76.2 Å². The molecule has 0 aliphatic rings. The molecule has 0 saturated carbocycles. The molecule has 3 atom stereocenters. The van der Waals surface area contributed by atoms with E-state index in [0.29, 0.717) is 68.6 Å². The molecular formula is C45H68N8O10PS+. The number of nitrogens with one attached hydrogen (secondary N) is 6. The van der Waals surface area contributed by atoms with Gasteiger partial charge in [-0.05, 0) is 99.7 Å². The topological polar surface area (TPSA) is 263 Å². The molecule has 18 nitrogen and oxygen atoms in total. The Bertz CT molecular complexity index is 1870. The van der Waals surface area contributed by atoms with Crippen molar-refractivity contribution in [1.29, 1.82) is 0 Å². The zero-order valence-electron chi connectivity index (χ0n) is 37.5. The molecule has 0 aliphatic heterocycles. The van der Waals surface area contributed by atoms with Crippen molar-refractivity contribution in [2.75, 3.05) is 38.6 Å². The molecule has 0 aliphatic carbocycles. The number of urea groups is 1. The number of aromatic nitrogens is 1. The number of rotatable bonds is 34. The van der Waals surface area contributed by atoms with Crippen LogP contribution in [0.4, 0.5) is 10.5 Å². The van der Waals surface area contributed by atoms with E-state index in [4.69, 9.17) is 17.3 Å². The summed E-state index contributed by atoms with van der Waals surface area (Å²) in [5.41, 5.74) is 4.16. The van der Waals surface area contributed by atoms with Gasteiger partial charge in [0.15, 0.2) is 17.5 Å². The average molecular weight is 944 g/mol. The van der Waals surface area contributed by atoms with Crippen LogP contribution in [0.1, 0.15) is 107 Å². The minimum absolute atomic E-state index is 0.0383. The number of carboxylic acid groups (broad SMARTS) is 4. The van der Waals surface area contributed by atoms with Gasteiger partial charge in [0.05, 0.1) is 0 Å². The van der Waals surface area contributed by atoms with E-state index in [1.807, 2.05) is 14.1 Å². The van der Waals surface area contributed by atoms with E-state index >= 15 is 0 Å². The van der Waals surface area contributed by atoms with Gasteiger partial charge in [0.2, 0.25) is 5.91 Å². The Balaban J connectivity index is 1.49. The van der Waals surface area contributed by atoms with Crippen molar-refractivity contribution in [2.24, 2.45) is 0 Å². The molecule has 0 fully saturated rings. The highest BCUT2D eigenvalue weighted by molar-refractivity contribution is 7.80. The normalized spacial score (nSPS) is 12.3. The van der Waals surface area contributed by atoms with Crippen LogP contribution >= 0.6 is 21.1 Å². The Morgan fingerprint density at radius 2 is 1.11 bits per heavy atom. The summed E-state index contributed by atoms with van der Waals surface area (Å²) >= 11 is 5.42.